The van der Waals surface area contributed by atoms with Crippen LogP contribution in [-0.2, 0) is 14.3 Å². The molecule has 3 heterocycles. The summed E-state index contributed by atoms with van der Waals surface area (Å²) >= 11 is 0. The summed E-state index contributed by atoms with van der Waals surface area (Å²) in [4.78, 5) is 21.8. The number of methoxy groups -OCH3 is 1. The van der Waals surface area contributed by atoms with Gasteiger partial charge in [-0.15, -0.1) is 0 Å². The zero-order chi connectivity index (χ0) is 26.6. The molecule has 4 rings (SSSR count). The van der Waals surface area contributed by atoms with Crippen molar-refractivity contribution in [1.82, 2.24) is 15.2 Å². The van der Waals surface area contributed by atoms with Gasteiger partial charge < -0.3 is 24.6 Å². The monoisotopic (exact) mass is 516 g/mol. The number of halogens is 3. The smallest absolute Gasteiger partial charge is 0.379 e. The summed E-state index contributed by atoms with van der Waals surface area (Å²) in [5, 5.41) is 3.74. The second-order valence-electron chi connectivity index (χ2n) is 9.61. The van der Waals surface area contributed by atoms with E-state index in [4.69, 9.17) is 9.47 Å². The molecule has 0 aromatic carbocycles. The van der Waals surface area contributed by atoms with Gasteiger partial charge in [-0.05, 0) is 37.8 Å². The molecule has 2 saturated heterocycles. The average molecular weight is 517 g/mol. The number of rotatable bonds is 5. The highest BCUT2D eigenvalue weighted by molar-refractivity contribution is 5.79. The first-order chi connectivity index (χ1) is 17.2. The van der Waals surface area contributed by atoms with Gasteiger partial charge in [0.1, 0.15) is 5.82 Å². The number of amides is 1. The van der Waals surface area contributed by atoms with Crippen LogP contribution in [0.3, 0.4) is 0 Å². The quantitative estimate of drug-likeness (QED) is 0.630. The number of hydrogen-bond acceptors (Lipinski definition) is 6. The fraction of sp³-hybridized carbons (Fsp3) is 0.769. The molecule has 0 radical (unpaired) electrons. The van der Waals surface area contributed by atoms with Gasteiger partial charge in [-0.3, -0.25) is 4.79 Å². The van der Waals surface area contributed by atoms with E-state index < -0.39 is 6.18 Å². The highest BCUT2D eigenvalue weighted by Gasteiger charge is 2.36. The van der Waals surface area contributed by atoms with E-state index in [0.29, 0.717) is 24.6 Å². The largest absolute Gasteiger partial charge is 0.386 e. The van der Waals surface area contributed by atoms with Crippen LogP contribution in [0.1, 0.15) is 52.9 Å². The van der Waals surface area contributed by atoms with Crippen LogP contribution in [0.5, 0.6) is 0 Å². The number of nitrogens with one attached hydrogen (secondary N) is 1. The maximum Gasteiger partial charge on any atom is 0.386 e. The molecule has 3 aliphatic rings. The highest BCUT2D eigenvalue weighted by atomic mass is 19.4. The van der Waals surface area contributed by atoms with Crippen LogP contribution >= 0.6 is 0 Å². The molecule has 10 heteroatoms. The molecule has 36 heavy (non-hydrogen) atoms. The van der Waals surface area contributed by atoms with E-state index in [1.807, 2.05) is 24.4 Å². The van der Waals surface area contributed by atoms with Crippen molar-refractivity contribution in [3.05, 3.63) is 24.4 Å². The first kappa shape index (κ1) is 30.3. The van der Waals surface area contributed by atoms with Crippen molar-refractivity contribution in [1.29, 1.82) is 0 Å². The van der Waals surface area contributed by atoms with Gasteiger partial charge in [0, 0.05) is 71.0 Å². The van der Waals surface area contributed by atoms with Gasteiger partial charge in [-0.25, -0.2) is 4.98 Å². The second-order valence-corrected chi connectivity index (χ2v) is 9.61. The number of aromatic nitrogens is 1. The maximum absolute atomic E-state index is 13.0. The molecule has 1 amide bonds. The third kappa shape index (κ3) is 10.6. The van der Waals surface area contributed by atoms with Crippen molar-refractivity contribution >= 4 is 11.7 Å². The minimum atomic E-state index is -4.00. The predicted molar refractivity (Wildman–Crippen MR) is 135 cm³/mol. The summed E-state index contributed by atoms with van der Waals surface area (Å²) in [6.07, 6.45) is 3.15. The fourth-order valence-corrected chi connectivity index (χ4v) is 4.75. The number of alkyl halides is 3. The second kappa shape index (κ2) is 15.4. The molecule has 1 aliphatic carbocycles. The summed E-state index contributed by atoms with van der Waals surface area (Å²) in [5.74, 6) is 1.49. The van der Waals surface area contributed by atoms with Gasteiger partial charge in [0.05, 0.1) is 12.7 Å². The van der Waals surface area contributed by atoms with Gasteiger partial charge in [0.15, 0.2) is 0 Å². The molecule has 206 valence electrons. The summed E-state index contributed by atoms with van der Waals surface area (Å²) < 4.78 is 42.1. The van der Waals surface area contributed by atoms with Crippen molar-refractivity contribution in [2.75, 3.05) is 51.4 Å². The van der Waals surface area contributed by atoms with Crippen LogP contribution in [0.2, 0.25) is 0 Å². The Morgan fingerprint density at radius 2 is 1.83 bits per heavy atom. The third-order valence-corrected chi connectivity index (χ3v) is 6.40. The van der Waals surface area contributed by atoms with E-state index in [1.54, 1.807) is 7.11 Å². The fourth-order valence-electron chi connectivity index (χ4n) is 4.75. The molecule has 2 aliphatic heterocycles. The van der Waals surface area contributed by atoms with E-state index >= 15 is 0 Å². The number of ether oxygens (including phenoxy) is 2. The number of anilines is 1. The van der Waals surface area contributed by atoms with Gasteiger partial charge in [0.2, 0.25) is 5.91 Å². The zero-order valence-corrected chi connectivity index (χ0v) is 22.1. The number of hydrogen-bond donors (Lipinski definition) is 1. The SMILES string of the molecule is CC(F)(F)F.CCC.COC1COCCC1NC1CCC(C(=O)N2CCN(c3ccccn3)CC2)C1. The van der Waals surface area contributed by atoms with Crippen molar-refractivity contribution in [2.45, 2.75) is 77.2 Å². The molecule has 1 aromatic heterocycles. The number of carbonyl (C=O) groups is 1. The lowest BCUT2D eigenvalue weighted by Gasteiger charge is -2.36. The maximum atomic E-state index is 13.0. The summed E-state index contributed by atoms with van der Waals surface area (Å²) in [6, 6.07) is 6.72. The molecular formula is C26H43F3N4O3. The molecule has 1 saturated carbocycles. The lowest BCUT2D eigenvalue weighted by Crippen LogP contribution is -2.51. The minimum Gasteiger partial charge on any atom is -0.379 e. The Morgan fingerprint density at radius 1 is 1.17 bits per heavy atom. The van der Waals surface area contributed by atoms with Gasteiger partial charge >= 0.3 is 6.18 Å². The minimum absolute atomic E-state index is 0.114. The van der Waals surface area contributed by atoms with Crippen molar-refractivity contribution in [3.8, 4) is 0 Å². The molecule has 4 atom stereocenters. The van der Waals surface area contributed by atoms with Crippen molar-refractivity contribution in [2.24, 2.45) is 5.92 Å². The lowest BCUT2D eigenvalue weighted by molar-refractivity contribution is -0.135. The van der Waals surface area contributed by atoms with Crippen LogP contribution in [0.15, 0.2) is 24.4 Å². The van der Waals surface area contributed by atoms with Gasteiger partial charge in [-0.1, -0.05) is 26.3 Å². The summed E-state index contributed by atoms with van der Waals surface area (Å²) in [7, 11) is 1.75. The summed E-state index contributed by atoms with van der Waals surface area (Å²) in [6.45, 7) is 9.17. The predicted octanol–water partition coefficient (Wildman–Crippen LogP) is 4.28. The molecule has 0 spiro atoms. The van der Waals surface area contributed by atoms with E-state index in [2.05, 4.69) is 33.9 Å². The van der Waals surface area contributed by atoms with Crippen LogP contribution < -0.4 is 10.2 Å². The van der Waals surface area contributed by atoms with Crippen molar-refractivity contribution in [3.63, 3.8) is 0 Å². The molecule has 1 N–H and O–H groups in total. The zero-order valence-electron chi connectivity index (χ0n) is 22.1. The Balaban J connectivity index is 0.000000501. The van der Waals surface area contributed by atoms with Gasteiger partial charge in [-0.2, -0.15) is 13.2 Å². The molecule has 1 aromatic rings. The Kier molecular flexibility index (Phi) is 12.9. The highest BCUT2D eigenvalue weighted by Crippen LogP contribution is 2.29. The molecular weight excluding hydrogens is 473 g/mol. The van der Waals surface area contributed by atoms with E-state index in [1.165, 1.54) is 6.42 Å². The Bertz CT molecular complexity index is 740. The standard InChI is InChI=1S/C21H32N4O3.C3H8.C2H3F3/c1-27-19-15-28-13-7-18(19)23-17-6-5-16(14-17)21(26)25-11-9-24(10-12-25)20-4-2-3-8-22-20;1-3-2;1-2(3,4)5/h2-4,8,16-19,23H,5-7,9-15H2,1H3;3H2,1-2H3;1H3. The first-order valence-electron chi connectivity index (χ1n) is 13.0. The molecule has 0 bridgehead atoms. The normalized spacial score (nSPS) is 26.4. The number of piperazine rings is 1. The average Bonchev–Trinajstić information content (AvgIpc) is 3.32. The number of nitrogens with zero attached hydrogens (tertiary/aromatic N) is 3. The van der Waals surface area contributed by atoms with E-state index in [9.17, 15) is 18.0 Å². The van der Waals surface area contributed by atoms with Gasteiger partial charge in [0.25, 0.3) is 0 Å². The number of pyridine rings is 1. The van der Waals surface area contributed by atoms with E-state index in [-0.39, 0.29) is 18.9 Å². The topological polar surface area (TPSA) is 66.9 Å². The van der Waals surface area contributed by atoms with Crippen LogP contribution in [-0.4, -0.2) is 86.7 Å². The Morgan fingerprint density at radius 3 is 2.42 bits per heavy atom. The summed E-state index contributed by atoms with van der Waals surface area (Å²) in [5.41, 5.74) is 0. The van der Waals surface area contributed by atoms with Crippen LogP contribution in [0.25, 0.3) is 0 Å². The Hall–Kier alpha value is -1.91. The van der Waals surface area contributed by atoms with Crippen LogP contribution in [0.4, 0.5) is 19.0 Å². The van der Waals surface area contributed by atoms with Crippen molar-refractivity contribution < 1.29 is 27.4 Å². The lowest BCUT2D eigenvalue weighted by atomic mass is 10.0. The molecule has 7 nitrogen and oxygen atoms in total. The van der Waals surface area contributed by atoms with E-state index in [0.717, 1.165) is 64.3 Å². The molecule has 3 fully saturated rings. The Labute approximate surface area is 213 Å². The van der Waals surface area contributed by atoms with Crippen LogP contribution in [0, 0.1) is 5.92 Å². The third-order valence-electron chi connectivity index (χ3n) is 6.40. The first-order valence-corrected chi connectivity index (χ1v) is 13.0. The molecule has 4 unspecified atom stereocenters. The number of carbonyl (C=O) groups excluding carboxylic acids is 1.